The molecule has 2 heterocycles. The quantitative estimate of drug-likeness (QED) is 0.181. The van der Waals surface area contributed by atoms with Crippen LogP contribution >= 0.6 is 35.3 Å². The number of hydrogen-bond donors (Lipinski definition) is 2. The summed E-state index contributed by atoms with van der Waals surface area (Å²) in [6, 6.07) is 12.8. The SMILES string of the molecule is CC(C)(C)OC(=O)c1ccc(NC(=O)CCN2C(=O)C(=Cc3cc(-c4ccc(F)cc4CN)cs3)SC2=S)cc1. The number of thiophene rings is 1. The van der Waals surface area contributed by atoms with Crippen molar-refractivity contribution in [3.8, 4) is 11.1 Å². The molecule has 0 saturated carbocycles. The molecule has 0 atom stereocenters. The van der Waals surface area contributed by atoms with Crippen molar-refractivity contribution in [2.24, 2.45) is 5.73 Å². The fraction of sp³-hybridized carbons (Fsp3) is 0.241. The number of nitrogens with two attached hydrogens (primary N) is 1. The third-order valence-electron chi connectivity index (χ3n) is 5.73. The van der Waals surface area contributed by atoms with Crippen LogP contribution < -0.4 is 11.1 Å². The highest BCUT2D eigenvalue weighted by Gasteiger charge is 2.32. The van der Waals surface area contributed by atoms with Crippen LogP contribution in [0.25, 0.3) is 17.2 Å². The van der Waals surface area contributed by atoms with E-state index >= 15 is 0 Å². The summed E-state index contributed by atoms with van der Waals surface area (Å²) in [7, 11) is 0. The van der Waals surface area contributed by atoms with E-state index in [1.54, 1.807) is 57.2 Å². The van der Waals surface area contributed by atoms with Crippen molar-refractivity contribution in [2.75, 3.05) is 11.9 Å². The number of benzene rings is 2. The predicted octanol–water partition coefficient (Wildman–Crippen LogP) is 6.20. The monoisotopic (exact) mass is 597 g/mol. The lowest BCUT2D eigenvalue weighted by Gasteiger charge is -2.19. The maximum atomic E-state index is 13.6. The minimum atomic E-state index is -0.601. The van der Waals surface area contributed by atoms with Gasteiger partial charge >= 0.3 is 5.97 Å². The Labute approximate surface area is 245 Å². The molecule has 0 bridgehead atoms. The number of thiocarbonyl (C=S) groups is 1. The average Bonchev–Trinajstić information content (AvgIpc) is 3.45. The lowest BCUT2D eigenvalue weighted by atomic mass is 10.0. The topological polar surface area (TPSA) is 102 Å². The zero-order valence-electron chi connectivity index (χ0n) is 22.2. The summed E-state index contributed by atoms with van der Waals surface area (Å²) in [6.45, 7) is 5.72. The lowest BCUT2D eigenvalue weighted by Crippen LogP contribution is -2.31. The van der Waals surface area contributed by atoms with Crippen molar-refractivity contribution in [3.05, 3.63) is 80.6 Å². The Bertz CT molecular complexity index is 1490. The molecule has 1 saturated heterocycles. The van der Waals surface area contributed by atoms with Crippen LogP contribution in [0.2, 0.25) is 0 Å². The molecule has 1 aliphatic heterocycles. The fourth-order valence-corrected chi connectivity index (χ4v) is 6.08. The number of esters is 1. The van der Waals surface area contributed by atoms with E-state index < -0.39 is 11.6 Å². The predicted molar refractivity (Wildman–Crippen MR) is 162 cm³/mol. The van der Waals surface area contributed by atoms with Crippen LogP contribution in [0.5, 0.6) is 0 Å². The molecule has 208 valence electrons. The number of thioether (sulfide) groups is 1. The van der Waals surface area contributed by atoms with Gasteiger partial charge in [-0.2, -0.15) is 0 Å². The van der Waals surface area contributed by atoms with Gasteiger partial charge in [0.1, 0.15) is 15.7 Å². The summed E-state index contributed by atoms with van der Waals surface area (Å²) in [6.07, 6.45) is 1.81. The standard InChI is InChI=1S/C29H28FN3O4S3/c1-29(2,3)37-27(36)17-4-7-21(8-5-17)32-25(34)10-11-33-26(35)24(40-28(33)38)14-22-13-19(16-39-22)23-9-6-20(30)12-18(23)15-31/h4-9,12-14,16H,10-11,15,31H2,1-3H3,(H,32,34). The molecule has 2 aromatic carbocycles. The van der Waals surface area contributed by atoms with E-state index in [1.165, 1.54) is 40.1 Å². The van der Waals surface area contributed by atoms with Crippen LogP contribution in [0, 0.1) is 5.82 Å². The van der Waals surface area contributed by atoms with Gasteiger partial charge in [-0.1, -0.05) is 30.0 Å². The van der Waals surface area contributed by atoms with Gasteiger partial charge in [-0.05, 0) is 91.4 Å². The van der Waals surface area contributed by atoms with Gasteiger partial charge in [-0.15, -0.1) is 11.3 Å². The minimum absolute atomic E-state index is 0.0448. The smallest absolute Gasteiger partial charge is 0.338 e. The Hall–Kier alpha value is -3.38. The molecule has 7 nitrogen and oxygen atoms in total. The van der Waals surface area contributed by atoms with Gasteiger partial charge in [0.2, 0.25) is 5.91 Å². The van der Waals surface area contributed by atoms with E-state index in [-0.39, 0.29) is 37.1 Å². The summed E-state index contributed by atoms with van der Waals surface area (Å²) in [4.78, 5) is 40.5. The number of hydrogen-bond acceptors (Lipinski definition) is 8. The zero-order valence-corrected chi connectivity index (χ0v) is 24.6. The van der Waals surface area contributed by atoms with Gasteiger partial charge in [-0.3, -0.25) is 14.5 Å². The Balaban J connectivity index is 1.34. The van der Waals surface area contributed by atoms with Crippen LogP contribution in [-0.4, -0.2) is 39.1 Å². The van der Waals surface area contributed by atoms with E-state index in [4.69, 9.17) is 22.7 Å². The first-order valence-electron chi connectivity index (χ1n) is 12.4. The lowest BCUT2D eigenvalue weighted by molar-refractivity contribution is -0.122. The van der Waals surface area contributed by atoms with E-state index in [0.29, 0.717) is 26.0 Å². The van der Waals surface area contributed by atoms with E-state index in [0.717, 1.165) is 16.0 Å². The van der Waals surface area contributed by atoms with Crippen molar-refractivity contribution >= 4 is 69.2 Å². The first kappa shape index (κ1) is 29.6. The number of rotatable bonds is 8. The largest absolute Gasteiger partial charge is 0.456 e. The summed E-state index contributed by atoms with van der Waals surface area (Å²) >= 11 is 8.04. The van der Waals surface area contributed by atoms with Crippen molar-refractivity contribution in [3.63, 3.8) is 0 Å². The second kappa shape index (κ2) is 12.4. The van der Waals surface area contributed by atoms with Crippen LogP contribution in [0.4, 0.5) is 10.1 Å². The molecule has 4 rings (SSSR count). The van der Waals surface area contributed by atoms with Gasteiger partial charge in [-0.25, -0.2) is 9.18 Å². The molecule has 0 aliphatic carbocycles. The number of carbonyl (C=O) groups excluding carboxylic acids is 3. The van der Waals surface area contributed by atoms with Crippen LogP contribution in [-0.2, 0) is 20.9 Å². The molecule has 1 fully saturated rings. The van der Waals surface area contributed by atoms with Crippen LogP contribution in [0.3, 0.4) is 0 Å². The van der Waals surface area contributed by atoms with Crippen molar-refractivity contribution < 1.29 is 23.5 Å². The van der Waals surface area contributed by atoms with Gasteiger partial charge < -0.3 is 15.8 Å². The normalized spacial score (nSPS) is 14.6. The summed E-state index contributed by atoms with van der Waals surface area (Å²) in [5.41, 5.74) is 8.53. The number of nitrogens with one attached hydrogen (secondary N) is 1. The highest BCUT2D eigenvalue weighted by molar-refractivity contribution is 8.26. The number of amides is 2. The average molecular weight is 598 g/mol. The van der Waals surface area contributed by atoms with Gasteiger partial charge in [0, 0.05) is 30.1 Å². The molecule has 0 spiro atoms. The molecule has 40 heavy (non-hydrogen) atoms. The van der Waals surface area contributed by atoms with Crippen molar-refractivity contribution in [1.29, 1.82) is 0 Å². The number of ether oxygens (including phenoxy) is 1. The molecule has 3 N–H and O–H groups in total. The van der Waals surface area contributed by atoms with Crippen molar-refractivity contribution in [1.82, 2.24) is 4.90 Å². The van der Waals surface area contributed by atoms with Crippen LogP contribution in [0.15, 0.2) is 58.8 Å². The third kappa shape index (κ3) is 7.42. The van der Waals surface area contributed by atoms with Gasteiger partial charge in [0.25, 0.3) is 5.91 Å². The second-order valence-electron chi connectivity index (χ2n) is 9.95. The number of anilines is 1. The van der Waals surface area contributed by atoms with Crippen LogP contribution in [0.1, 0.15) is 48.0 Å². The Morgan fingerprint density at radius 1 is 1.15 bits per heavy atom. The summed E-state index contributed by atoms with van der Waals surface area (Å²) in [5, 5.41) is 4.70. The van der Waals surface area contributed by atoms with E-state index in [9.17, 15) is 18.8 Å². The molecule has 3 aromatic rings. The molecular weight excluding hydrogens is 570 g/mol. The zero-order chi connectivity index (χ0) is 29.0. The first-order valence-corrected chi connectivity index (χ1v) is 14.5. The third-order valence-corrected chi connectivity index (χ3v) is 7.99. The molecule has 2 amide bonds. The highest BCUT2D eigenvalue weighted by Crippen LogP contribution is 2.35. The van der Waals surface area contributed by atoms with Crippen molar-refractivity contribution in [2.45, 2.75) is 39.3 Å². The highest BCUT2D eigenvalue weighted by atomic mass is 32.2. The Morgan fingerprint density at radius 3 is 2.55 bits per heavy atom. The second-order valence-corrected chi connectivity index (χ2v) is 12.6. The summed E-state index contributed by atoms with van der Waals surface area (Å²) < 4.78 is 19.3. The molecule has 1 aromatic heterocycles. The summed E-state index contributed by atoms with van der Waals surface area (Å²) in [5.74, 6) is -1.33. The number of carbonyl (C=O) groups is 3. The maximum Gasteiger partial charge on any atom is 0.338 e. The molecular formula is C29H28FN3O4S3. The number of nitrogens with zero attached hydrogens (tertiary/aromatic N) is 1. The molecule has 1 aliphatic rings. The fourth-order valence-electron chi connectivity index (χ4n) is 3.87. The van der Waals surface area contributed by atoms with Gasteiger partial charge in [0.05, 0.1) is 10.5 Å². The number of halogens is 1. The maximum absolute atomic E-state index is 13.6. The Kier molecular flexibility index (Phi) is 9.19. The van der Waals surface area contributed by atoms with E-state index in [1.807, 2.05) is 11.4 Å². The molecule has 0 unspecified atom stereocenters. The molecule has 0 radical (unpaired) electrons. The van der Waals surface area contributed by atoms with E-state index in [2.05, 4.69) is 5.32 Å². The first-order chi connectivity index (χ1) is 18.9. The van der Waals surface area contributed by atoms with Gasteiger partial charge in [0.15, 0.2) is 0 Å². The Morgan fingerprint density at radius 2 is 1.88 bits per heavy atom. The minimum Gasteiger partial charge on any atom is -0.456 e. The molecule has 11 heteroatoms.